The van der Waals surface area contributed by atoms with Crippen molar-refractivity contribution in [2.75, 3.05) is 12.9 Å². The molecule has 0 radical (unpaired) electrons. The molecular formula is C7H12N2O2S. The molecule has 5 heteroatoms. The second-order valence-electron chi connectivity index (χ2n) is 2.23. The summed E-state index contributed by atoms with van der Waals surface area (Å²) in [5, 5.41) is 8.28. The molecule has 0 aromatic carbocycles. The van der Waals surface area contributed by atoms with Gasteiger partial charge in [0, 0.05) is 5.75 Å². The van der Waals surface area contributed by atoms with E-state index in [1.54, 1.807) is 6.92 Å². The number of nitriles is 1. The van der Waals surface area contributed by atoms with Gasteiger partial charge in [0.2, 0.25) is 0 Å². The first-order valence-electron chi connectivity index (χ1n) is 3.46. The Morgan fingerprint density at radius 2 is 2.42 bits per heavy atom. The Morgan fingerprint density at radius 1 is 1.83 bits per heavy atom. The van der Waals surface area contributed by atoms with Crippen LogP contribution in [0.3, 0.4) is 0 Å². The molecule has 0 bridgehead atoms. The van der Waals surface area contributed by atoms with Crippen LogP contribution in [-0.4, -0.2) is 30.1 Å². The molecule has 0 saturated heterocycles. The van der Waals surface area contributed by atoms with Gasteiger partial charge in [0.05, 0.1) is 18.4 Å². The van der Waals surface area contributed by atoms with E-state index in [4.69, 9.17) is 11.0 Å². The number of nitrogens with two attached hydrogens (primary N) is 1. The smallest absolute Gasteiger partial charge is 0.323 e. The molecule has 0 amide bonds. The van der Waals surface area contributed by atoms with E-state index < -0.39 is 12.0 Å². The number of hydrogen-bond donors (Lipinski definition) is 1. The zero-order valence-electron chi connectivity index (χ0n) is 7.11. The van der Waals surface area contributed by atoms with Gasteiger partial charge in [-0.15, -0.1) is 11.8 Å². The summed E-state index contributed by atoms with van der Waals surface area (Å²) in [6, 6.07) is 1.40. The summed E-state index contributed by atoms with van der Waals surface area (Å²) in [5.74, 6) is -0.0193. The molecule has 4 nitrogen and oxygen atoms in total. The van der Waals surface area contributed by atoms with Gasteiger partial charge in [-0.3, -0.25) is 4.79 Å². The monoisotopic (exact) mass is 188 g/mol. The Labute approximate surface area is 76.1 Å². The average Bonchev–Trinajstić information content (AvgIpc) is 2.11. The SMILES string of the molecule is COC(=O)C(N)CSC(C)C#N. The number of carbonyl (C=O) groups excluding carboxylic acids is 1. The van der Waals surface area contributed by atoms with E-state index in [2.05, 4.69) is 4.74 Å². The summed E-state index contributed by atoms with van der Waals surface area (Å²) < 4.78 is 4.42. The predicted octanol–water partition coefficient (Wildman–Crippen LogP) is 0.132. The first kappa shape index (κ1) is 11.3. The van der Waals surface area contributed by atoms with Crippen LogP contribution in [0, 0.1) is 11.3 Å². The van der Waals surface area contributed by atoms with Gasteiger partial charge in [-0.2, -0.15) is 5.26 Å². The van der Waals surface area contributed by atoms with Gasteiger partial charge in [0.15, 0.2) is 0 Å². The van der Waals surface area contributed by atoms with Gasteiger partial charge < -0.3 is 10.5 Å². The van der Waals surface area contributed by atoms with Crippen LogP contribution in [0.25, 0.3) is 0 Å². The first-order chi connectivity index (χ1) is 5.61. The lowest BCUT2D eigenvalue weighted by atomic mass is 10.4. The minimum absolute atomic E-state index is 0.138. The number of carbonyl (C=O) groups is 1. The largest absolute Gasteiger partial charge is 0.468 e. The van der Waals surface area contributed by atoms with Gasteiger partial charge in [0.25, 0.3) is 0 Å². The fourth-order valence-corrected chi connectivity index (χ4v) is 1.21. The van der Waals surface area contributed by atoms with Gasteiger partial charge in [-0.05, 0) is 6.92 Å². The van der Waals surface area contributed by atoms with Gasteiger partial charge in [-0.1, -0.05) is 0 Å². The molecule has 0 heterocycles. The lowest BCUT2D eigenvalue weighted by Crippen LogP contribution is -2.34. The molecule has 0 fully saturated rings. The molecule has 0 aliphatic carbocycles. The number of methoxy groups -OCH3 is 1. The van der Waals surface area contributed by atoms with Crippen molar-refractivity contribution in [2.45, 2.75) is 18.2 Å². The number of nitrogens with zero attached hydrogens (tertiary/aromatic N) is 1. The average molecular weight is 188 g/mol. The van der Waals surface area contributed by atoms with Gasteiger partial charge in [-0.25, -0.2) is 0 Å². The van der Waals surface area contributed by atoms with Crippen molar-refractivity contribution in [1.82, 2.24) is 0 Å². The van der Waals surface area contributed by atoms with Crippen molar-refractivity contribution in [1.29, 1.82) is 5.26 Å². The third kappa shape index (κ3) is 4.21. The maximum Gasteiger partial charge on any atom is 0.323 e. The highest BCUT2D eigenvalue weighted by atomic mass is 32.2. The fraction of sp³-hybridized carbons (Fsp3) is 0.714. The van der Waals surface area contributed by atoms with E-state index in [0.29, 0.717) is 5.75 Å². The number of esters is 1. The highest BCUT2D eigenvalue weighted by Crippen LogP contribution is 2.09. The molecule has 12 heavy (non-hydrogen) atoms. The maximum atomic E-state index is 10.8. The van der Waals surface area contributed by atoms with Crippen molar-refractivity contribution in [3.8, 4) is 6.07 Å². The van der Waals surface area contributed by atoms with Crippen molar-refractivity contribution in [2.24, 2.45) is 5.73 Å². The Bertz CT molecular complexity index is 190. The Kier molecular flexibility index (Phi) is 5.51. The number of thioether (sulfide) groups is 1. The molecule has 68 valence electrons. The molecule has 0 aliphatic rings. The Morgan fingerprint density at radius 3 is 2.83 bits per heavy atom. The molecule has 0 aromatic rings. The van der Waals surface area contributed by atoms with E-state index in [1.165, 1.54) is 18.9 Å². The topological polar surface area (TPSA) is 76.1 Å². The minimum atomic E-state index is -0.629. The van der Waals surface area contributed by atoms with E-state index >= 15 is 0 Å². The molecule has 2 atom stereocenters. The highest BCUT2D eigenvalue weighted by molar-refractivity contribution is 8.00. The number of ether oxygens (including phenoxy) is 1. The standard InChI is InChI=1S/C7H12N2O2S/c1-5(3-8)12-4-6(9)7(10)11-2/h5-6H,4,9H2,1-2H3. The minimum Gasteiger partial charge on any atom is -0.468 e. The second-order valence-corrected chi connectivity index (χ2v) is 3.61. The van der Waals surface area contributed by atoms with Crippen LogP contribution in [-0.2, 0) is 9.53 Å². The summed E-state index contributed by atoms with van der Waals surface area (Å²) >= 11 is 1.34. The Hall–Kier alpha value is -0.730. The second kappa shape index (κ2) is 5.86. The van der Waals surface area contributed by atoms with Crippen LogP contribution >= 0.6 is 11.8 Å². The van der Waals surface area contributed by atoms with E-state index in [-0.39, 0.29) is 5.25 Å². The third-order valence-corrected chi connectivity index (χ3v) is 2.37. The molecule has 0 rings (SSSR count). The quantitative estimate of drug-likeness (QED) is 0.635. The predicted molar refractivity (Wildman–Crippen MR) is 47.5 cm³/mol. The van der Waals surface area contributed by atoms with E-state index in [0.717, 1.165) is 0 Å². The van der Waals surface area contributed by atoms with Crippen molar-refractivity contribution in [3.63, 3.8) is 0 Å². The normalized spacial score (nSPS) is 14.5. The lowest BCUT2D eigenvalue weighted by Gasteiger charge is -2.08. The summed E-state index contributed by atoms with van der Waals surface area (Å²) in [7, 11) is 1.29. The van der Waals surface area contributed by atoms with Crippen LogP contribution in [0.4, 0.5) is 0 Å². The number of hydrogen-bond acceptors (Lipinski definition) is 5. The first-order valence-corrected chi connectivity index (χ1v) is 4.51. The summed E-state index contributed by atoms with van der Waals surface area (Å²) in [5.41, 5.74) is 5.43. The van der Waals surface area contributed by atoms with Crippen LogP contribution in [0.1, 0.15) is 6.92 Å². The van der Waals surface area contributed by atoms with Gasteiger partial charge >= 0.3 is 5.97 Å². The molecule has 2 N–H and O–H groups in total. The molecule has 0 aromatic heterocycles. The molecule has 2 unspecified atom stereocenters. The summed E-state index contributed by atoms with van der Waals surface area (Å²) in [6.45, 7) is 1.76. The number of rotatable bonds is 4. The molecule has 0 saturated carbocycles. The van der Waals surface area contributed by atoms with Crippen LogP contribution in [0.5, 0.6) is 0 Å². The van der Waals surface area contributed by atoms with Crippen LogP contribution < -0.4 is 5.73 Å². The molecule has 0 spiro atoms. The van der Waals surface area contributed by atoms with Crippen molar-refractivity contribution < 1.29 is 9.53 Å². The summed E-state index contributed by atoms with van der Waals surface area (Å²) in [6.07, 6.45) is 0. The van der Waals surface area contributed by atoms with E-state index in [9.17, 15) is 4.79 Å². The zero-order chi connectivity index (χ0) is 9.56. The van der Waals surface area contributed by atoms with Crippen LogP contribution in [0.2, 0.25) is 0 Å². The van der Waals surface area contributed by atoms with Gasteiger partial charge in [0.1, 0.15) is 6.04 Å². The summed E-state index contributed by atoms with van der Waals surface area (Å²) in [4.78, 5) is 10.8. The Balaban J connectivity index is 3.65. The highest BCUT2D eigenvalue weighted by Gasteiger charge is 2.14. The zero-order valence-corrected chi connectivity index (χ0v) is 7.93. The van der Waals surface area contributed by atoms with E-state index in [1.807, 2.05) is 6.07 Å². The molecular weight excluding hydrogens is 176 g/mol. The maximum absolute atomic E-state index is 10.8. The molecule has 0 aliphatic heterocycles. The van der Waals surface area contributed by atoms with Crippen LogP contribution in [0.15, 0.2) is 0 Å². The fourth-order valence-electron chi connectivity index (χ4n) is 0.505. The van der Waals surface area contributed by atoms with Crippen molar-refractivity contribution >= 4 is 17.7 Å². The van der Waals surface area contributed by atoms with Crippen molar-refractivity contribution in [3.05, 3.63) is 0 Å². The lowest BCUT2D eigenvalue weighted by molar-refractivity contribution is -0.141. The third-order valence-electron chi connectivity index (χ3n) is 1.21.